The Labute approximate surface area is 148 Å². The van der Waals surface area contributed by atoms with Crippen molar-refractivity contribution in [2.75, 3.05) is 32.2 Å². The van der Waals surface area contributed by atoms with Gasteiger partial charge in [-0.15, -0.1) is 0 Å². The van der Waals surface area contributed by atoms with Gasteiger partial charge in [-0.1, -0.05) is 0 Å². The van der Waals surface area contributed by atoms with E-state index in [-0.39, 0.29) is 29.7 Å². The predicted octanol–water partition coefficient (Wildman–Crippen LogP) is 0.914. The summed E-state index contributed by atoms with van der Waals surface area (Å²) >= 11 is 0. The van der Waals surface area contributed by atoms with Crippen LogP contribution in [-0.2, 0) is 14.6 Å². The number of hydrogen-bond donors (Lipinski definition) is 1. The molecular weight excluding hydrogens is 346 g/mol. The minimum atomic E-state index is -3.13. The van der Waals surface area contributed by atoms with Gasteiger partial charge in [0.25, 0.3) is 5.91 Å². The quantitative estimate of drug-likeness (QED) is 0.610. The van der Waals surface area contributed by atoms with Crippen molar-refractivity contribution in [3.05, 3.63) is 22.5 Å². The highest BCUT2D eigenvalue weighted by Crippen LogP contribution is 2.24. The van der Waals surface area contributed by atoms with Crippen molar-refractivity contribution >= 4 is 21.7 Å². The fourth-order valence-electron chi connectivity index (χ4n) is 3.23. The second-order valence-corrected chi connectivity index (χ2v) is 8.63. The van der Waals surface area contributed by atoms with E-state index in [2.05, 4.69) is 4.98 Å². The highest BCUT2D eigenvalue weighted by molar-refractivity contribution is 7.91. The number of nitrogens with zero attached hydrogens (tertiary/aromatic N) is 2. The Morgan fingerprint density at radius 3 is 2.40 bits per heavy atom. The number of ether oxygens (including phenoxy) is 1. The molecule has 8 nitrogen and oxygen atoms in total. The number of nitrogens with one attached hydrogen (secondary N) is 1. The molecule has 0 radical (unpaired) electrons. The molecule has 1 aromatic heterocycles. The molecule has 9 heteroatoms. The zero-order valence-electron chi connectivity index (χ0n) is 15.2. The van der Waals surface area contributed by atoms with Gasteiger partial charge in [-0.05, 0) is 32.8 Å². The van der Waals surface area contributed by atoms with Crippen LogP contribution in [0.25, 0.3) is 0 Å². The number of rotatable bonds is 5. The zero-order chi connectivity index (χ0) is 18.9. The molecule has 25 heavy (non-hydrogen) atoms. The SMILES string of the molecule is CCOC(=O)c1c(C)[nH]c(C(=O)N(C2CCS(=O)(=O)C2)N(C)C)c1C. The van der Waals surface area contributed by atoms with E-state index >= 15 is 0 Å². The van der Waals surface area contributed by atoms with Crippen molar-refractivity contribution in [1.29, 1.82) is 0 Å². The molecule has 0 saturated carbocycles. The van der Waals surface area contributed by atoms with E-state index in [1.807, 2.05) is 0 Å². The van der Waals surface area contributed by atoms with Gasteiger partial charge in [0.05, 0.1) is 29.7 Å². The van der Waals surface area contributed by atoms with Crippen LogP contribution in [0.5, 0.6) is 0 Å². The smallest absolute Gasteiger partial charge is 0.340 e. The van der Waals surface area contributed by atoms with E-state index in [1.165, 1.54) is 5.01 Å². The average molecular weight is 371 g/mol. The molecule has 0 aromatic carbocycles. The van der Waals surface area contributed by atoms with E-state index in [0.717, 1.165) is 0 Å². The van der Waals surface area contributed by atoms with Crippen molar-refractivity contribution in [3.8, 4) is 0 Å². The van der Waals surface area contributed by atoms with Crippen LogP contribution in [0.3, 0.4) is 0 Å². The molecule has 2 rings (SSSR count). The Bertz CT molecular complexity index is 782. The molecule has 1 saturated heterocycles. The number of aromatic nitrogens is 1. The van der Waals surface area contributed by atoms with Crippen LogP contribution >= 0.6 is 0 Å². The third kappa shape index (κ3) is 3.87. The first kappa shape index (κ1) is 19.5. The van der Waals surface area contributed by atoms with Crippen LogP contribution in [0.1, 0.15) is 45.4 Å². The number of H-pyrrole nitrogens is 1. The number of aromatic amines is 1. The molecule has 0 aliphatic carbocycles. The van der Waals surface area contributed by atoms with Gasteiger partial charge in [-0.25, -0.2) is 18.2 Å². The van der Waals surface area contributed by atoms with Gasteiger partial charge in [-0.2, -0.15) is 0 Å². The molecule has 1 aliphatic heterocycles. The standard InChI is InChI=1S/C16H25N3O5S/c1-6-24-16(21)13-10(2)14(17-11(13)3)15(20)19(18(4)5)12-7-8-25(22,23)9-12/h12,17H,6-9H2,1-5H3. The van der Waals surface area contributed by atoms with Crippen molar-refractivity contribution in [3.63, 3.8) is 0 Å². The van der Waals surface area contributed by atoms with Gasteiger partial charge in [0.2, 0.25) is 0 Å². The number of aryl methyl sites for hydroxylation is 1. The summed E-state index contributed by atoms with van der Waals surface area (Å²) in [5.41, 5.74) is 1.69. The van der Waals surface area contributed by atoms with Gasteiger partial charge >= 0.3 is 5.97 Å². The summed E-state index contributed by atoms with van der Waals surface area (Å²) < 4.78 is 28.6. The Morgan fingerprint density at radius 2 is 1.92 bits per heavy atom. The first-order chi connectivity index (χ1) is 11.6. The summed E-state index contributed by atoms with van der Waals surface area (Å²) in [6.45, 7) is 5.35. The number of hydrazine groups is 1. The second-order valence-electron chi connectivity index (χ2n) is 6.40. The fraction of sp³-hybridized carbons (Fsp3) is 0.625. The maximum atomic E-state index is 13.1. The maximum absolute atomic E-state index is 13.1. The second kappa shape index (κ2) is 7.17. The molecule has 1 unspecified atom stereocenters. The monoisotopic (exact) mass is 371 g/mol. The van der Waals surface area contributed by atoms with Gasteiger partial charge < -0.3 is 9.72 Å². The molecule has 1 aliphatic rings. The summed E-state index contributed by atoms with van der Waals surface area (Å²) in [5, 5.41) is 3.03. The highest BCUT2D eigenvalue weighted by atomic mass is 32.2. The number of esters is 1. The van der Waals surface area contributed by atoms with Crippen LogP contribution in [-0.4, -0.2) is 73.5 Å². The van der Waals surface area contributed by atoms with Crippen LogP contribution in [0.4, 0.5) is 0 Å². The van der Waals surface area contributed by atoms with Gasteiger partial charge in [0, 0.05) is 19.8 Å². The van der Waals surface area contributed by atoms with Crippen molar-refractivity contribution in [1.82, 2.24) is 15.0 Å². The minimum Gasteiger partial charge on any atom is -0.462 e. The molecule has 140 valence electrons. The summed E-state index contributed by atoms with van der Waals surface area (Å²) in [5.74, 6) is -0.817. The Kier molecular flexibility index (Phi) is 5.58. The molecule has 0 bridgehead atoms. The van der Waals surface area contributed by atoms with Crippen molar-refractivity contribution in [2.24, 2.45) is 0 Å². The lowest BCUT2D eigenvalue weighted by Crippen LogP contribution is -2.49. The molecule has 1 amide bonds. The van der Waals surface area contributed by atoms with E-state index in [9.17, 15) is 18.0 Å². The number of carbonyl (C=O) groups is 2. The van der Waals surface area contributed by atoms with Gasteiger partial charge in [-0.3, -0.25) is 9.80 Å². The van der Waals surface area contributed by atoms with Gasteiger partial charge in [0.15, 0.2) is 9.84 Å². The summed E-state index contributed by atoms with van der Waals surface area (Å²) in [6, 6.07) is -0.415. The normalized spacial score (nSPS) is 19.2. The summed E-state index contributed by atoms with van der Waals surface area (Å²) in [7, 11) is 0.261. The fourth-order valence-corrected chi connectivity index (χ4v) is 4.92. The lowest BCUT2D eigenvalue weighted by molar-refractivity contribution is 0.000450. The van der Waals surface area contributed by atoms with E-state index < -0.39 is 21.8 Å². The molecule has 1 aromatic rings. The molecule has 1 N–H and O–H groups in total. The first-order valence-electron chi connectivity index (χ1n) is 8.16. The minimum absolute atomic E-state index is 0.0552. The number of sulfone groups is 1. The Morgan fingerprint density at radius 1 is 1.28 bits per heavy atom. The zero-order valence-corrected chi connectivity index (χ0v) is 16.1. The Balaban J connectivity index is 2.38. The molecule has 1 fully saturated rings. The van der Waals surface area contributed by atoms with E-state index in [0.29, 0.717) is 23.2 Å². The molecule has 0 spiro atoms. The summed E-state index contributed by atoms with van der Waals surface area (Å²) in [6.07, 6.45) is 0.399. The van der Waals surface area contributed by atoms with Crippen LogP contribution in [0, 0.1) is 13.8 Å². The highest BCUT2D eigenvalue weighted by Gasteiger charge is 2.37. The number of carbonyl (C=O) groups excluding carboxylic acids is 2. The van der Waals surface area contributed by atoms with Crippen LogP contribution in [0.15, 0.2) is 0 Å². The van der Waals surface area contributed by atoms with Gasteiger partial charge in [0.1, 0.15) is 5.69 Å². The van der Waals surface area contributed by atoms with Crippen LogP contribution in [0.2, 0.25) is 0 Å². The average Bonchev–Trinajstić information content (AvgIpc) is 2.98. The molecule has 2 heterocycles. The number of hydrogen-bond acceptors (Lipinski definition) is 6. The maximum Gasteiger partial charge on any atom is 0.340 e. The topological polar surface area (TPSA) is 99.8 Å². The third-order valence-corrected chi connectivity index (χ3v) is 6.07. The lowest BCUT2D eigenvalue weighted by atomic mass is 10.1. The van der Waals surface area contributed by atoms with Crippen LogP contribution < -0.4 is 0 Å². The predicted molar refractivity (Wildman–Crippen MR) is 93.1 cm³/mol. The Hall–Kier alpha value is -1.87. The van der Waals surface area contributed by atoms with Crippen molar-refractivity contribution in [2.45, 2.75) is 33.2 Å². The third-order valence-electron chi connectivity index (χ3n) is 4.32. The largest absolute Gasteiger partial charge is 0.462 e. The lowest BCUT2D eigenvalue weighted by Gasteiger charge is -2.33. The number of amides is 1. The van der Waals surface area contributed by atoms with E-state index in [1.54, 1.807) is 39.9 Å². The first-order valence-corrected chi connectivity index (χ1v) is 9.98. The molecule has 1 atom stereocenters. The van der Waals surface area contributed by atoms with E-state index in [4.69, 9.17) is 4.74 Å². The summed E-state index contributed by atoms with van der Waals surface area (Å²) in [4.78, 5) is 28.1. The molecular formula is C16H25N3O5S. The van der Waals surface area contributed by atoms with Crippen molar-refractivity contribution < 1.29 is 22.7 Å².